The van der Waals surface area contributed by atoms with Crippen molar-refractivity contribution in [1.29, 1.82) is 0 Å². The van der Waals surface area contributed by atoms with E-state index in [-0.39, 0.29) is 0 Å². The second kappa shape index (κ2) is 8.88. The molecule has 3 heteroatoms. The zero-order chi connectivity index (χ0) is 7.66. The van der Waals surface area contributed by atoms with Crippen LogP contribution in [0.5, 0.6) is 0 Å². The van der Waals surface area contributed by atoms with E-state index in [4.69, 9.17) is 14.2 Å². The largest absolute Gasteiger partial charge is 0.382 e. The minimum Gasteiger partial charge on any atom is -0.382 e. The van der Waals surface area contributed by atoms with Gasteiger partial charge in [-0.1, -0.05) is 0 Å². The number of methoxy groups -OCH3 is 1. The molecule has 0 aromatic carbocycles. The van der Waals surface area contributed by atoms with Crippen molar-refractivity contribution in [3.05, 3.63) is 6.61 Å². The molecule has 0 aliphatic heterocycles. The topological polar surface area (TPSA) is 27.7 Å². The second-order valence-corrected chi connectivity index (χ2v) is 1.71. The Morgan fingerprint density at radius 3 is 2.40 bits per heavy atom. The molecule has 0 bridgehead atoms. The number of ether oxygens (including phenoxy) is 3. The van der Waals surface area contributed by atoms with E-state index in [1.807, 2.05) is 6.92 Å². The molecule has 10 heavy (non-hydrogen) atoms. The molecule has 0 aromatic heterocycles. The van der Waals surface area contributed by atoms with E-state index in [1.165, 1.54) is 0 Å². The SMILES string of the molecule is C[CH]OCCOCCOC. The molecule has 0 saturated heterocycles. The summed E-state index contributed by atoms with van der Waals surface area (Å²) in [6, 6.07) is 0. The summed E-state index contributed by atoms with van der Waals surface area (Å²) in [6.45, 7) is 6.04. The third kappa shape index (κ3) is 7.88. The second-order valence-electron chi connectivity index (χ2n) is 1.71. The van der Waals surface area contributed by atoms with E-state index in [1.54, 1.807) is 13.7 Å². The van der Waals surface area contributed by atoms with Crippen molar-refractivity contribution >= 4 is 0 Å². The van der Waals surface area contributed by atoms with Gasteiger partial charge in [0.1, 0.15) is 0 Å². The Balaban J connectivity index is 2.65. The summed E-state index contributed by atoms with van der Waals surface area (Å²) >= 11 is 0. The summed E-state index contributed by atoms with van der Waals surface area (Å²) in [4.78, 5) is 0. The van der Waals surface area contributed by atoms with Crippen LogP contribution in [-0.4, -0.2) is 33.5 Å². The molecular formula is C7H15O3. The van der Waals surface area contributed by atoms with Crippen LogP contribution in [-0.2, 0) is 14.2 Å². The summed E-state index contributed by atoms with van der Waals surface area (Å²) < 4.78 is 14.8. The monoisotopic (exact) mass is 147 g/mol. The molecule has 0 N–H and O–H groups in total. The van der Waals surface area contributed by atoms with Crippen LogP contribution in [0.1, 0.15) is 6.92 Å². The van der Waals surface area contributed by atoms with Gasteiger partial charge in [0, 0.05) is 7.11 Å². The minimum atomic E-state index is 0.625. The fourth-order valence-electron chi connectivity index (χ4n) is 0.469. The molecule has 0 spiro atoms. The standard InChI is InChI=1S/C7H15O3/c1-3-9-6-7-10-5-4-8-2/h3H,4-7H2,1-2H3. The van der Waals surface area contributed by atoms with Crippen LogP contribution in [0.4, 0.5) is 0 Å². The number of hydrogen-bond acceptors (Lipinski definition) is 3. The van der Waals surface area contributed by atoms with Crippen molar-refractivity contribution in [3.63, 3.8) is 0 Å². The predicted octanol–water partition coefficient (Wildman–Crippen LogP) is 0.848. The minimum absolute atomic E-state index is 0.625. The van der Waals surface area contributed by atoms with Gasteiger partial charge in [-0.05, 0) is 6.92 Å². The molecule has 0 rings (SSSR count). The molecular weight excluding hydrogens is 132 g/mol. The Labute approximate surface area is 62.3 Å². The lowest BCUT2D eigenvalue weighted by Gasteiger charge is -2.02. The van der Waals surface area contributed by atoms with Crippen molar-refractivity contribution in [2.45, 2.75) is 6.92 Å². The highest BCUT2D eigenvalue weighted by molar-refractivity contribution is 4.35. The first kappa shape index (κ1) is 9.88. The van der Waals surface area contributed by atoms with Gasteiger partial charge in [0.25, 0.3) is 0 Å². The van der Waals surface area contributed by atoms with Crippen LogP contribution < -0.4 is 0 Å². The van der Waals surface area contributed by atoms with Gasteiger partial charge >= 0.3 is 0 Å². The highest BCUT2D eigenvalue weighted by atomic mass is 16.5. The van der Waals surface area contributed by atoms with Crippen LogP contribution in [0.2, 0.25) is 0 Å². The van der Waals surface area contributed by atoms with E-state index in [2.05, 4.69) is 0 Å². The van der Waals surface area contributed by atoms with Gasteiger partial charge in [0.15, 0.2) is 0 Å². The summed E-state index contributed by atoms with van der Waals surface area (Å²) in [5.74, 6) is 0. The van der Waals surface area contributed by atoms with Crippen molar-refractivity contribution < 1.29 is 14.2 Å². The average molecular weight is 147 g/mol. The average Bonchev–Trinajstić information content (AvgIpc) is 1.97. The first-order valence-electron chi connectivity index (χ1n) is 3.38. The maximum atomic E-state index is 5.11. The third-order valence-corrected chi connectivity index (χ3v) is 0.944. The number of hydrogen-bond donors (Lipinski definition) is 0. The van der Waals surface area contributed by atoms with Gasteiger partial charge in [0.05, 0.1) is 33.0 Å². The molecule has 0 amide bonds. The normalized spacial score (nSPS) is 10.2. The number of rotatable bonds is 7. The maximum absolute atomic E-state index is 5.11. The fourth-order valence-corrected chi connectivity index (χ4v) is 0.469. The van der Waals surface area contributed by atoms with Gasteiger partial charge in [-0.25, -0.2) is 0 Å². The molecule has 0 aliphatic carbocycles. The summed E-state index contributed by atoms with van der Waals surface area (Å²) in [5, 5.41) is 0. The Kier molecular flexibility index (Phi) is 8.77. The zero-order valence-electron chi connectivity index (χ0n) is 6.63. The van der Waals surface area contributed by atoms with Gasteiger partial charge in [0.2, 0.25) is 0 Å². The fraction of sp³-hybridized carbons (Fsp3) is 0.857. The van der Waals surface area contributed by atoms with Crippen molar-refractivity contribution in [1.82, 2.24) is 0 Å². The van der Waals surface area contributed by atoms with E-state index in [0.717, 1.165) is 0 Å². The summed E-state index contributed by atoms with van der Waals surface area (Å²) in [7, 11) is 1.65. The van der Waals surface area contributed by atoms with Crippen LogP contribution in [0.3, 0.4) is 0 Å². The Morgan fingerprint density at radius 2 is 1.80 bits per heavy atom. The highest BCUT2D eigenvalue weighted by Gasteiger charge is 1.86. The van der Waals surface area contributed by atoms with Gasteiger partial charge in [-0.3, -0.25) is 0 Å². The van der Waals surface area contributed by atoms with Gasteiger partial charge < -0.3 is 14.2 Å². The van der Waals surface area contributed by atoms with Gasteiger partial charge in [-0.2, -0.15) is 0 Å². The first-order chi connectivity index (χ1) is 4.91. The molecule has 0 heterocycles. The van der Waals surface area contributed by atoms with Crippen molar-refractivity contribution in [3.8, 4) is 0 Å². The van der Waals surface area contributed by atoms with E-state index in [0.29, 0.717) is 26.4 Å². The zero-order valence-corrected chi connectivity index (χ0v) is 6.63. The van der Waals surface area contributed by atoms with Crippen LogP contribution in [0.15, 0.2) is 0 Å². The maximum Gasteiger partial charge on any atom is 0.0807 e. The van der Waals surface area contributed by atoms with Crippen LogP contribution in [0, 0.1) is 6.61 Å². The molecule has 1 radical (unpaired) electrons. The third-order valence-electron chi connectivity index (χ3n) is 0.944. The molecule has 61 valence electrons. The lowest BCUT2D eigenvalue weighted by molar-refractivity contribution is 0.0400. The molecule has 0 aliphatic rings. The lowest BCUT2D eigenvalue weighted by Crippen LogP contribution is -2.06. The summed E-state index contributed by atoms with van der Waals surface area (Å²) in [6.07, 6.45) is 0. The Morgan fingerprint density at radius 1 is 1.10 bits per heavy atom. The quantitative estimate of drug-likeness (QED) is 0.499. The van der Waals surface area contributed by atoms with Crippen LogP contribution in [0.25, 0.3) is 0 Å². The predicted molar refractivity (Wildman–Crippen MR) is 38.6 cm³/mol. The van der Waals surface area contributed by atoms with Crippen molar-refractivity contribution in [2.75, 3.05) is 33.5 Å². The molecule has 0 saturated carbocycles. The molecule has 0 fully saturated rings. The van der Waals surface area contributed by atoms with Crippen LogP contribution >= 0.6 is 0 Å². The smallest absolute Gasteiger partial charge is 0.0807 e. The van der Waals surface area contributed by atoms with E-state index >= 15 is 0 Å². The summed E-state index contributed by atoms with van der Waals surface area (Å²) in [5.41, 5.74) is 0. The van der Waals surface area contributed by atoms with Crippen molar-refractivity contribution in [2.24, 2.45) is 0 Å². The lowest BCUT2D eigenvalue weighted by atomic mass is 10.7. The first-order valence-corrected chi connectivity index (χ1v) is 3.38. The molecule has 0 atom stereocenters. The molecule has 0 aromatic rings. The van der Waals surface area contributed by atoms with E-state index in [9.17, 15) is 0 Å². The Hall–Kier alpha value is -0.120. The molecule has 0 unspecified atom stereocenters. The van der Waals surface area contributed by atoms with E-state index < -0.39 is 0 Å². The van der Waals surface area contributed by atoms with Gasteiger partial charge in [-0.15, -0.1) is 0 Å². The highest BCUT2D eigenvalue weighted by Crippen LogP contribution is 1.80. The Bertz CT molecular complexity index is 48.8. The molecule has 3 nitrogen and oxygen atoms in total.